The van der Waals surface area contributed by atoms with Gasteiger partial charge in [-0.15, -0.1) is 0 Å². The van der Waals surface area contributed by atoms with E-state index in [1.165, 1.54) is 0 Å². The third kappa shape index (κ3) is 1.60. The maximum absolute atomic E-state index is 12.3. The molecule has 0 saturated carbocycles. The SMILES string of the molecule is Cc1cccc2c1NC(=O)C1(CCOCC1)N2. The quantitative estimate of drug-likeness (QED) is 0.718. The van der Waals surface area contributed by atoms with Gasteiger partial charge in [-0.1, -0.05) is 12.1 Å². The number of para-hydroxylation sites is 1. The fourth-order valence-corrected chi connectivity index (χ4v) is 2.56. The molecule has 4 heteroatoms. The van der Waals surface area contributed by atoms with Crippen molar-refractivity contribution in [3.63, 3.8) is 0 Å². The van der Waals surface area contributed by atoms with Gasteiger partial charge in [0.1, 0.15) is 5.54 Å². The Morgan fingerprint density at radius 1 is 1.29 bits per heavy atom. The van der Waals surface area contributed by atoms with Crippen molar-refractivity contribution in [2.45, 2.75) is 25.3 Å². The number of amides is 1. The van der Waals surface area contributed by atoms with E-state index in [9.17, 15) is 4.79 Å². The number of aryl methyl sites for hydroxylation is 1. The second-order valence-electron chi connectivity index (χ2n) is 4.77. The van der Waals surface area contributed by atoms with E-state index in [0.29, 0.717) is 13.2 Å². The van der Waals surface area contributed by atoms with Crippen LogP contribution in [0.2, 0.25) is 0 Å². The number of rotatable bonds is 0. The van der Waals surface area contributed by atoms with Crippen LogP contribution in [0, 0.1) is 6.92 Å². The van der Waals surface area contributed by atoms with E-state index in [2.05, 4.69) is 10.6 Å². The van der Waals surface area contributed by atoms with Gasteiger partial charge in [0.25, 0.3) is 0 Å². The van der Waals surface area contributed by atoms with E-state index in [-0.39, 0.29) is 5.91 Å². The highest BCUT2D eigenvalue weighted by Crippen LogP contribution is 2.37. The number of anilines is 2. The zero-order valence-electron chi connectivity index (χ0n) is 9.88. The number of fused-ring (bicyclic) bond motifs is 1. The number of hydrogen-bond donors (Lipinski definition) is 2. The predicted molar refractivity (Wildman–Crippen MR) is 66.2 cm³/mol. The first-order valence-electron chi connectivity index (χ1n) is 5.98. The van der Waals surface area contributed by atoms with E-state index >= 15 is 0 Å². The van der Waals surface area contributed by atoms with E-state index in [1.807, 2.05) is 25.1 Å². The minimum Gasteiger partial charge on any atom is -0.381 e. The van der Waals surface area contributed by atoms with Crippen LogP contribution in [0.15, 0.2) is 18.2 Å². The molecule has 0 aliphatic carbocycles. The standard InChI is InChI=1S/C13H16N2O2/c1-9-3-2-4-10-11(9)14-12(16)13(15-10)5-7-17-8-6-13/h2-4,15H,5-8H2,1H3,(H,14,16). The summed E-state index contributed by atoms with van der Waals surface area (Å²) in [5.74, 6) is 0.0719. The van der Waals surface area contributed by atoms with Crippen LogP contribution in [0.3, 0.4) is 0 Å². The fraction of sp³-hybridized carbons (Fsp3) is 0.462. The van der Waals surface area contributed by atoms with Gasteiger partial charge in [-0.25, -0.2) is 0 Å². The summed E-state index contributed by atoms with van der Waals surface area (Å²) in [4.78, 5) is 12.3. The van der Waals surface area contributed by atoms with Crippen molar-refractivity contribution in [1.82, 2.24) is 0 Å². The Bertz CT molecular complexity index is 464. The average molecular weight is 232 g/mol. The molecule has 3 rings (SSSR count). The molecule has 1 fully saturated rings. The monoisotopic (exact) mass is 232 g/mol. The van der Waals surface area contributed by atoms with Crippen molar-refractivity contribution in [3.8, 4) is 0 Å². The first-order valence-corrected chi connectivity index (χ1v) is 5.98. The smallest absolute Gasteiger partial charge is 0.250 e. The lowest BCUT2D eigenvalue weighted by atomic mass is 9.86. The van der Waals surface area contributed by atoms with Crippen LogP contribution in [0.5, 0.6) is 0 Å². The van der Waals surface area contributed by atoms with Crippen LogP contribution in [-0.2, 0) is 9.53 Å². The van der Waals surface area contributed by atoms with Crippen molar-refractivity contribution >= 4 is 17.3 Å². The molecule has 1 spiro atoms. The normalized spacial score (nSPS) is 21.6. The average Bonchev–Trinajstić information content (AvgIpc) is 2.33. The van der Waals surface area contributed by atoms with Crippen LogP contribution < -0.4 is 10.6 Å². The molecule has 2 heterocycles. The number of hydrogen-bond acceptors (Lipinski definition) is 3. The number of carbonyl (C=O) groups is 1. The molecule has 0 radical (unpaired) electrons. The second-order valence-corrected chi connectivity index (χ2v) is 4.77. The molecule has 90 valence electrons. The van der Waals surface area contributed by atoms with E-state index in [1.54, 1.807) is 0 Å². The number of benzene rings is 1. The molecule has 17 heavy (non-hydrogen) atoms. The lowest BCUT2D eigenvalue weighted by Gasteiger charge is -2.41. The van der Waals surface area contributed by atoms with Gasteiger partial charge in [0, 0.05) is 26.1 Å². The molecule has 1 aromatic carbocycles. The van der Waals surface area contributed by atoms with E-state index in [0.717, 1.165) is 29.8 Å². The van der Waals surface area contributed by atoms with E-state index in [4.69, 9.17) is 4.74 Å². The van der Waals surface area contributed by atoms with Gasteiger partial charge in [-0.05, 0) is 18.6 Å². The first kappa shape index (κ1) is 10.6. The number of carbonyl (C=O) groups excluding carboxylic acids is 1. The van der Waals surface area contributed by atoms with Crippen LogP contribution in [0.25, 0.3) is 0 Å². The molecule has 1 aromatic rings. The number of nitrogens with one attached hydrogen (secondary N) is 2. The van der Waals surface area contributed by atoms with Crippen molar-refractivity contribution in [1.29, 1.82) is 0 Å². The van der Waals surface area contributed by atoms with Crippen LogP contribution in [0.4, 0.5) is 11.4 Å². The highest BCUT2D eigenvalue weighted by atomic mass is 16.5. The summed E-state index contributed by atoms with van der Waals surface area (Å²) < 4.78 is 5.34. The molecule has 1 saturated heterocycles. The molecular weight excluding hydrogens is 216 g/mol. The van der Waals surface area contributed by atoms with Crippen LogP contribution in [0.1, 0.15) is 18.4 Å². The minimum atomic E-state index is -0.473. The molecule has 0 bridgehead atoms. The Kier molecular flexibility index (Phi) is 2.33. The topological polar surface area (TPSA) is 50.4 Å². The molecule has 1 amide bonds. The second kappa shape index (κ2) is 3.74. The van der Waals surface area contributed by atoms with Gasteiger partial charge in [-0.2, -0.15) is 0 Å². The Morgan fingerprint density at radius 3 is 2.82 bits per heavy atom. The zero-order chi connectivity index (χ0) is 11.9. The molecule has 4 nitrogen and oxygen atoms in total. The maximum Gasteiger partial charge on any atom is 0.250 e. The van der Waals surface area contributed by atoms with Gasteiger partial charge < -0.3 is 15.4 Å². The molecule has 2 aliphatic rings. The lowest BCUT2D eigenvalue weighted by molar-refractivity contribution is -0.123. The Balaban J connectivity index is 2.00. The van der Waals surface area contributed by atoms with Gasteiger partial charge in [0.2, 0.25) is 5.91 Å². The van der Waals surface area contributed by atoms with Crippen molar-refractivity contribution < 1.29 is 9.53 Å². The highest BCUT2D eigenvalue weighted by Gasteiger charge is 2.43. The van der Waals surface area contributed by atoms with Gasteiger partial charge in [-0.3, -0.25) is 4.79 Å². The molecule has 2 N–H and O–H groups in total. The van der Waals surface area contributed by atoms with E-state index < -0.39 is 5.54 Å². The summed E-state index contributed by atoms with van der Waals surface area (Å²) in [6.45, 7) is 3.28. The summed E-state index contributed by atoms with van der Waals surface area (Å²) in [5.41, 5.74) is 2.55. The van der Waals surface area contributed by atoms with Crippen LogP contribution in [-0.4, -0.2) is 24.7 Å². The summed E-state index contributed by atoms with van der Waals surface area (Å²) in [7, 11) is 0. The van der Waals surface area contributed by atoms with Gasteiger partial charge >= 0.3 is 0 Å². The van der Waals surface area contributed by atoms with Gasteiger partial charge in [0.05, 0.1) is 11.4 Å². The molecule has 0 atom stereocenters. The zero-order valence-corrected chi connectivity index (χ0v) is 9.88. The minimum absolute atomic E-state index is 0.0719. The first-order chi connectivity index (χ1) is 8.21. The number of ether oxygens (including phenoxy) is 1. The van der Waals surface area contributed by atoms with Crippen molar-refractivity contribution in [3.05, 3.63) is 23.8 Å². The predicted octanol–water partition coefficient (Wildman–Crippen LogP) is 1.91. The largest absolute Gasteiger partial charge is 0.381 e. The third-order valence-corrected chi connectivity index (χ3v) is 3.67. The Labute approximate surface area is 100 Å². The summed E-state index contributed by atoms with van der Waals surface area (Å²) in [6.07, 6.45) is 1.46. The van der Waals surface area contributed by atoms with Crippen molar-refractivity contribution in [2.75, 3.05) is 23.8 Å². The summed E-state index contributed by atoms with van der Waals surface area (Å²) in [6, 6.07) is 6.02. The van der Waals surface area contributed by atoms with Crippen molar-refractivity contribution in [2.24, 2.45) is 0 Å². The summed E-state index contributed by atoms with van der Waals surface area (Å²) >= 11 is 0. The maximum atomic E-state index is 12.3. The molecule has 2 aliphatic heterocycles. The lowest BCUT2D eigenvalue weighted by Crippen LogP contribution is -2.55. The Hall–Kier alpha value is -1.55. The van der Waals surface area contributed by atoms with Crippen LogP contribution >= 0.6 is 0 Å². The molecular formula is C13H16N2O2. The third-order valence-electron chi connectivity index (χ3n) is 3.67. The highest BCUT2D eigenvalue weighted by molar-refractivity contribution is 6.06. The molecule has 0 aromatic heterocycles. The fourth-order valence-electron chi connectivity index (χ4n) is 2.56. The molecule has 0 unspecified atom stereocenters. The van der Waals surface area contributed by atoms with Gasteiger partial charge in [0.15, 0.2) is 0 Å². The summed E-state index contributed by atoms with van der Waals surface area (Å²) in [5, 5.41) is 6.44. The Morgan fingerprint density at radius 2 is 2.06 bits per heavy atom.